The van der Waals surface area contributed by atoms with E-state index in [1.54, 1.807) is 27.8 Å². The van der Waals surface area contributed by atoms with E-state index in [-0.39, 0.29) is 12.2 Å². The molecule has 3 amide bonds. The van der Waals surface area contributed by atoms with E-state index in [0.717, 1.165) is 4.90 Å². The number of fused-ring (bicyclic) bond motifs is 1. The molecular weight excluding hydrogens is 479 g/mol. The monoisotopic (exact) mass is 503 g/mol. The number of hydrogen-bond acceptors (Lipinski definition) is 6. The highest BCUT2D eigenvalue weighted by atomic mass is 19.4. The number of likely N-dealkylation sites (tertiary alicyclic amines) is 1. The van der Waals surface area contributed by atoms with Crippen LogP contribution >= 0.6 is 0 Å². The van der Waals surface area contributed by atoms with Gasteiger partial charge in [0.05, 0.1) is 24.3 Å². The lowest BCUT2D eigenvalue weighted by molar-refractivity contribution is -0.174. The number of terminal acetylenes is 1. The van der Waals surface area contributed by atoms with Crippen molar-refractivity contribution in [3.8, 4) is 18.4 Å². The maximum absolute atomic E-state index is 13.4. The van der Waals surface area contributed by atoms with Gasteiger partial charge in [0.25, 0.3) is 0 Å². The fourth-order valence-corrected chi connectivity index (χ4v) is 4.30. The van der Waals surface area contributed by atoms with Gasteiger partial charge in [-0.3, -0.25) is 24.0 Å². The summed E-state index contributed by atoms with van der Waals surface area (Å²) < 4.78 is 39.1. The first-order chi connectivity index (χ1) is 16.7. The zero-order chi connectivity index (χ0) is 27.0. The Morgan fingerprint density at radius 1 is 1.33 bits per heavy atom. The van der Waals surface area contributed by atoms with Crippen LogP contribution in [0.3, 0.4) is 0 Å². The Balaban J connectivity index is 1.89. The quantitative estimate of drug-likeness (QED) is 0.589. The van der Waals surface area contributed by atoms with Crippen LogP contribution in [0, 0.1) is 35.0 Å². The highest BCUT2D eigenvalue weighted by molar-refractivity contribution is 5.93. The average Bonchev–Trinajstić information content (AvgIpc) is 3.27. The van der Waals surface area contributed by atoms with Gasteiger partial charge < -0.3 is 15.5 Å². The summed E-state index contributed by atoms with van der Waals surface area (Å²) in [6, 6.07) is -0.305. The summed E-state index contributed by atoms with van der Waals surface area (Å²) in [4.78, 5) is 42.5. The van der Waals surface area contributed by atoms with Gasteiger partial charge in [0.2, 0.25) is 11.8 Å². The van der Waals surface area contributed by atoms with Crippen molar-refractivity contribution in [1.29, 1.82) is 5.26 Å². The van der Waals surface area contributed by atoms with Crippen LogP contribution in [0.2, 0.25) is 0 Å². The Labute approximate surface area is 204 Å². The molecule has 3 rings (SSSR count). The number of nitrogens with one attached hydrogen (secondary N) is 2. The predicted molar refractivity (Wildman–Crippen MR) is 120 cm³/mol. The number of halogens is 3. The van der Waals surface area contributed by atoms with Gasteiger partial charge in [0, 0.05) is 30.7 Å². The normalized spacial score (nSPS) is 19.9. The Morgan fingerprint density at radius 3 is 2.58 bits per heavy atom. The highest BCUT2D eigenvalue weighted by Crippen LogP contribution is 2.40. The molecule has 190 valence electrons. The summed E-state index contributed by atoms with van der Waals surface area (Å²) >= 11 is 0. The average molecular weight is 503 g/mol. The number of nitrogens with zero attached hydrogens (tertiary/aromatic N) is 5. The summed E-state index contributed by atoms with van der Waals surface area (Å²) in [5.74, 6) is -1.78. The molecule has 1 aliphatic heterocycles. The fourth-order valence-electron chi connectivity index (χ4n) is 4.30. The minimum atomic E-state index is -5.15. The molecule has 3 heterocycles. The van der Waals surface area contributed by atoms with Crippen LogP contribution in [0.25, 0.3) is 10.9 Å². The number of pyridine rings is 1. The largest absolute Gasteiger partial charge is 0.471 e. The van der Waals surface area contributed by atoms with Gasteiger partial charge in [-0.25, -0.2) is 0 Å². The van der Waals surface area contributed by atoms with Crippen LogP contribution in [0.1, 0.15) is 38.1 Å². The predicted octanol–water partition coefficient (Wildman–Crippen LogP) is 1.18. The smallest absolute Gasteiger partial charge is 0.339 e. The van der Waals surface area contributed by atoms with Gasteiger partial charge in [-0.05, 0) is 17.3 Å². The van der Waals surface area contributed by atoms with Gasteiger partial charge in [-0.2, -0.15) is 23.5 Å². The van der Waals surface area contributed by atoms with Crippen LogP contribution in [0.15, 0.2) is 12.4 Å². The van der Waals surface area contributed by atoms with Crippen molar-refractivity contribution >= 4 is 28.6 Å². The van der Waals surface area contributed by atoms with E-state index in [1.165, 1.54) is 22.4 Å². The van der Waals surface area contributed by atoms with Crippen LogP contribution < -0.4 is 10.6 Å². The number of rotatable bonds is 5. The van der Waals surface area contributed by atoms with Crippen LogP contribution in [-0.4, -0.2) is 62.7 Å². The van der Waals surface area contributed by atoms with Crippen LogP contribution in [0.4, 0.5) is 13.2 Å². The fraction of sp³-hybridized carbons (Fsp3) is 0.478. The zero-order valence-corrected chi connectivity index (χ0v) is 20.0. The van der Waals surface area contributed by atoms with Gasteiger partial charge in [-0.1, -0.05) is 20.8 Å². The SMILES string of the molecule is C#Cc1nn(C)c2cncc(C(C#N)NC(=O)[C@@H]3C(C)C(C)(C)CN3C(=O)CNC(=O)C(F)(F)F)c12. The molecule has 2 aromatic heterocycles. The van der Waals surface area contributed by atoms with Gasteiger partial charge in [-0.15, -0.1) is 6.42 Å². The summed E-state index contributed by atoms with van der Waals surface area (Å²) in [5.41, 5.74) is 0.536. The van der Waals surface area contributed by atoms with E-state index in [1.807, 2.05) is 6.07 Å². The Kier molecular flexibility index (Phi) is 6.98. The third-order valence-corrected chi connectivity index (χ3v) is 6.52. The number of carbonyl (C=O) groups excluding carboxylic acids is 3. The van der Waals surface area contributed by atoms with E-state index in [2.05, 4.69) is 21.3 Å². The maximum Gasteiger partial charge on any atom is 0.471 e. The Hall–Kier alpha value is -4.13. The van der Waals surface area contributed by atoms with Crippen LogP contribution in [-0.2, 0) is 21.4 Å². The van der Waals surface area contributed by atoms with Crippen molar-refractivity contribution in [3.63, 3.8) is 0 Å². The molecule has 2 N–H and O–H groups in total. The Bertz CT molecular complexity index is 1300. The molecule has 10 nitrogen and oxygen atoms in total. The molecule has 0 radical (unpaired) electrons. The molecule has 2 aromatic rings. The topological polar surface area (TPSA) is 133 Å². The second kappa shape index (κ2) is 9.49. The standard InChI is InChI=1S/C23H24F3N7O3/c1-6-14-18-13(8-28-9-16(18)32(5)31-14)15(7-27)30-20(35)19-12(2)22(3,4)11-33(19)17(34)10-29-21(36)23(24,25)26/h1,8-9,12,15,19H,10-11H2,2-5H3,(H,29,36)(H,30,35)/t12?,15?,19-/m0/s1. The lowest BCUT2D eigenvalue weighted by Crippen LogP contribution is -2.52. The molecule has 2 unspecified atom stereocenters. The number of nitriles is 1. The lowest BCUT2D eigenvalue weighted by Gasteiger charge is -2.27. The molecule has 0 saturated carbocycles. The first kappa shape index (κ1) is 26.5. The second-order valence-corrected chi connectivity index (χ2v) is 9.23. The number of alkyl halides is 3. The summed E-state index contributed by atoms with van der Waals surface area (Å²) in [7, 11) is 1.65. The minimum absolute atomic E-state index is 0.0607. The third-order valence-electron chi connectivity index (χ3n) is 6.52. The number of hydrogen-bond donors (Lipinski definition) is 2. The molecule has 36 heavy (non-hydrogen) atoms. The summed E-state index contributed by atoms with van der Waals surface area (Å²) in [6.07, 6.45) is 3.31. The van der Waals surface area contributed by atoms with Crippen LogP contribution in [0.5, 0.6) is 0 Å². The molecule has 3 atom stereocenters. The molecular formula is C23H24F3N7O3. The molecule has 0 aliphatic carbocycles. The van der Waals surface area contributed by atoms with E-state index in [9.17, 15) is 32.8 Å². The molecule has 1 fully saturated rings. The van der Waals surface area contributed by atoms with Crippen molar-refractivity contribution < 1.29 is 27.6 Å². The first-order valence-corrected chi connectivity index (χ1v) is 10.8. The van der Waals surface area contributed by atoms with E-state index >= 15 is 0 Å². The molecule has 0 bridgehead atoms. The Morgan fingerprint density at radius 2 is 2.00 bits per heavy atom. The van der Waals surface area contributed by atoms with Crippen molar-refractivity contribution in [2.45, 2.75) is 39.0 Å². The van der Waals surface area contributed by atoms with Crippen molar-refractivity contribution in [3.05, 3.63) is 23.7 Å². The van der Waals surface area contributed by atoms with E-state index < -0.39 is 53.9 Å². The number of aromatic nitrogens is 3. The molecule has 1 saturated heterocycles. The van der Waals surface area contributed by atoms with E-state index in [0.29, 0.717) is 16.5 Å². The number of aryl methyl sites for hydroxylation is 1. The molecule has 0 aromatic carbocycles. The molecule has 1 aliphatic rings. The minimum Gasteiger partial charge on any atom is -0.339 e. The van der Waals surface area contributed by atoms with E-state index in [4.69, 9.17) is 6.42 Å². The van der Waals surface area contributed by atoms with Gasteiger partial charge >= 0.3 is 12.1 Å². The van der Waals surface area contributed by atoms with Gasteiger partial charge in [0.1, 0.15) is 17.8 Å². The second-order valence-electron chi connectivity index (χ2n) is 9.23. The highest BCUT2D eigenvalue weighted by Gasteiger charge is 2.50. The summed E-state index contributed by atoms with van der Waals surface area (Å²) in [5, 5.41) is 18.7. The van der Waals surface area contributed by atoms with Gasteiger partial charge in [0.15, 0.2) is 0 Å². The summed E-state index contributed by atoms with van der Waals surface area (Å²) in [6.45, 7) is 4.47. The van der Waals surface area contributed by atoms with Crippen molar-refractivity contribution in [2.24, 2.45) is 18.4 Å². The lowest BCUT2D eigenvalue weighted by atomic mass is 9.80. The molecule has 13 heteroatoms. The number of amides is 3. The van der Waals surface area contributed by atoms with Crippen molar-refractivity contribution in [1.82, 2.24) is 30.3 Å². The zero-order valence-electron chi connectivity index (χ0n) is 20.0. The third kappa shape index (κ3) is 4.82. The molecule has 0 spiro atoms. The van der Waals surface area contributed by atoms with Crippen molar-refractivity contribution in [2.75, 3.05) is 13.1 Å². The maximum atomic E-state index is 13.4. The first-order valence-electron chi connectivity index (χ1n) is 10.8. The number of carbonyl (C=O) groups is 3.